The van der Waals surface area contributed by atoms with Crippen LogP contribution in [0.2, 0.25) is 0 Å². The van der Waals surface area contributed by atoms with E-state index in [1.165, 1.54) is 0 Å². The first-order valence-corrected chi connectivity index (χ1v) is 6.93. The Morgan fingerprint density at radius 3 is 2.72 bits per heavy atom. The van der Waals surface area contributed by atoms with Gasteiger partial charge in [-0.25, -0.2) is 0 Å². The van der Waals surface area contributed by atoms with E-state index < -0.39 is 18.6 Å². The zero-order valence-electron chi connectivity index (χ0n) is 11.1. The summed E-state index contributed by atoms with van der Waals surface area (Å²) in [5.74, 6) is 0. The maximum atomic E-state index is 12.4. The molecule has 5 heteroatoms. The first-order valence-electron chi connectivity index (χ1n) is 6.93. The first kappa shape index (κ1) is 15.8. The van der Waals surface area contributed by atoms with Gasteiger partial charge in [-0.3, -0.25) is 0 Å². The fourth-order valence-corrected chi connectivity index (χ4v) is 2.37. The molecule has 0 aliphatic carbocycles. The normalized spacial score (nSPS) is 22.3. The molecule has 0 saturated carbocycles. The monoisotopic (exact) mass is 267 g/mol. The van der Waals surface area contributed by atoms with Crippen molar-refractivity contribution in [3.63, 3.8) is 0 Å². The van der Waals surface area contributed by atoms with Gasteiger partial charge in [0.25, 0.3) is 0 Å². The number of alkyl halides is 3. The van der Waals surface area contributed by atoms with Gasteiger partial charge in [0, 0.05) is 12.6 Å². The summed E-state index contributed by atoms with van der Waals surface area (Å²) >= 11 is 0. The minimum atomic E-state index is -4.07. The van der Waals surface area contributed by atoms with E-state index in [2.05, 4.69) is 5.32 Å². The fourth-order valence-electron chi connectivity index (χ4n) is 2.37. The molecular formula is C13H24F3NO. The summed E-state index contributed by atoms with van der Waals surface area (Å²) in [6.45, 7) is 3.43. The predicted octanol–water partition coefficient (Wildman–Crippen LogP) is 3.66. The van der Waals surface area contributed by atoms with Gasteiger partial charge in [-0.15, -0.1) is 0 Å². The van der Waals surface area contributed by atoms with E-state index in [4.69, 9.17) is 4.74 Å². The third-order valence-corrected chi connectivity index (χ3v) is 3.26. The van der Waals surface area contributed by atoms with E-state index in [0.29, 0.717) is 13.0 Å². The molecule has 0 spiro atoms. The third kappa shape index (κ3) is 7.21. The molecule has 2 atom stereocenters. The van der Waals surface area contributed by atoms with Crippen LogP contribution in [0.15, 0.2) is 0 Å². The predicted molar refractivity (Wildman–Crippen MR) is 65.6 cm³/mol. The van der Waals surface area contributed by atoms with E-state index in [1.54, 1.807) is 0 Å². The lowest BCUT2D eigenvalue weighted by atomic mass is 10.0. The van der Waals surface area contributed by atoms with Crippen LogP contribution in [0.5, 0.6) is 0 Å². The Hall–Kier alpha value is -0.290. The average Bonchev–Trinajstić information content (AvgIpc) is 2.76. The Labute approximate surface area is 107 Å². The summed E-state index contributed by atoms with van der Waals surface area (Å²) < 4.78 is 42.7. The highest BCUT2D eigenvalue weighted by Gasteiger charge is 2.31. The standard InChI is InChI=1S/C13H24F3NO/c1-2-8-17-11(10-13(14,15)16)5-3-6-12-7-4-9-18-12/h11-12,17H,2-10H2,1H3. The minimum absolute atomic E-state index is 0.280. The lowest BCUT2D eigenvalue weighted by Crippen LogP contribution is -2.34. The molecule has 1 fully saturated rings. The van der Waals surface area contributed by atoms with Crippen molar-refractivity contribution in [2.75, 3.05) is 13.2 Å². The Kier molecular flexibility index (Phi) is 7.00. The fraction of sp³-hybridized carbons (Fsp3) is 1.00. The molecule has 1 N–H and O–H groups in total. The molecule has 1 rings (SSSR count). The van der Waals surface area contributed by atoms with Crippen molar-refractivity contribution in [3.8, 4) is 0 Å². The van der Waals surface area contributed by atoms with E-state index in [0.717, 1.165) is 38.7 Å². The third-order valence-electron chi connectivity index (χ3n) is 3.26. The summed E-state index contributed by atoms with van der Waals surface area (Å²) in [6.07, 6.45) is 0.775. The number of halogens is 3. The van der Waals surface area contributed by atoms with E-state index in [-0.39, 0.29) is 6.10 Å². The van der Waals surface area contributed by atoms with Gasteiger partial charge in [0.05, 0.1) is 12.5 Å². The summed E-state index contributed by atoms with van der Waals surface area (Å²) in [6, 6.07) is -0.439. The number of rotatable bonds is 8. The summed E-state index contributed by atoms with van der Waals surface area (Å²) in [7, 11) is 0. The highest BCUT2D eigenvalue weighted by Crippen LogP contribution is 2.25. The molecule has 0 amide bonds. The second kappa shape index (κ2) is 8.00. The molecule has 1 aliphatic rings. The van der Waals surface area contributed by atoms with Gasteiger partial charge in [0.15, 0.2) is 0 Å². The van der Waals surface area contributed by atoms with Gasteiger partial charge < -0.3 is 10.1 Å². The second-order valence-electron chi connectivity index (χ2n) is 5.04. The van der Waals surface area contributed by atoms with Gasteiger partial charge in [0.2, 0.25) is 0 Å². The zero-order valence-corrected chi connectivity index (χ0v) is 11.1. The van der Waals surface area contributed by atoms with E-state index in [9.17, 15) is 13.2 Å². The molecule has 0 aromatic carbocycles. The zero-order chi connectivity index (χ0) is 13.4. The molecule has 2 unspecified atom stereocenters. The number of nitrogens with one attached hydrogen (secondary N) is 1. The molecule has 0 aromatic rings. The highest BCUT2D eigenvalue weighted by atomic mass is 19.4. The maximum Gasteiger partial charge on any atom is 0.390 e. The van der Waals surface area contributed by atoms with E-state index >= 15 is 0 Å². The van der Waals surface area contributed by atoms with Crippen molar-refractivity contribution < 1.29 is 17.9 Å². The van der Waals surface area contributed by atoms with Crippen molar-refractivity contribution in [1.82, 2.24) is 5.32 Å². The number of hydrogen-bond acceptors (Lipinski definition) is 2. The Balaban J connectivity index is 2.21. The van der Waals surface area contributed by atoms with Crippen LogP contribution in [-0.4, -0.2) is 31.5 Å². The van der Waals surface area contributed by atoms with Gasteiger partial charge in [-0.1, -0.05) is 6.92 Å². The van der Waals surface area contributed by atoms with Crippen molar-refractivity contribution in [3.05, 3.63) is 0 Å². The van der Waals surface area contributed by atoms with Crippen molar-refractivity contribution >= 4 is 0 Å². The van der Waals surface area contributed by atoms with Crippen LogP contribution < -0.4 is 5.32 Å². The summed E-state index contributed by atoms with van der Waals surface area (Å²) in [4.78, 5) is 0. The maximum absolute atomic E-state index is 12.4. The molecule has 0 aromatic heterocycles. The van der Waals surface area contributed by atoms with Crippen LogP contribution >= 0.6 is 0 Å². The number of hydrogen-bond donors (Lipinski definition) is 1. The molecule has 0 bridgehead atoms. The molecular weight excluding hydrogens is 243 g/mol. The molecule has 18 heavy (non-hydrogen) atoms. The minimum Gasteiger partial charge on any atom is -0.378 e. The highest BCUT2D eigenvalue weighted by molar-refractivity contribution is 4.73. The number of ether oxygens (including phenoxy) is 1. The molecule has 1 saturated heterocycles. The quantitative estimate of drug-likeness (QED) is 0.724. The van der Waals surface area contributed by atoms with Gasteiger partial charge in [-0.05, 0) is 45.1 Å². The van der Waals surface area contributed by atoms with Crippen LogP contribution in [-0.2, 0) is 4.74 Å². The molecule has 0 radical (unpaired) electrons. The van der Waals surface area contributed by atoms with Crippen LogP contribution in [0.1, 0.15) is 51.9 Å². The van der Waals surface area contributed by atoms with Crippen LogP contribution in [0.3, 0.4) is 0 Å². The Bertz CT molecular complexity index is 215. The Morgan fingerprint density at radius 1 is 1.39 bits per heavy atom. The van der Waals surface area contributed by atoms with Gasteiger partial charge in [-0.2, -0.15) is 13.2 Å². The molecule has 2 nitrogen and oxygen atoms in total. The summed E-state index contributed by atoms with van der Waals surface area (Å²) in [5.41, 5.74) is 0. The largest absolute Gasteiger partial charge is 0.390 e. The molecule has 108 valence electrons. The van der Waals surface area contributed by atoms with Gasteiger partial charge >= 0.3 is 6.18 Å². The average molecular weight is 267 g/mol. The molecule has 1 heterocycles. The lowest BCUT2D eigenvalue weighted by Gasteiger charge is -2.20. The van der Waals surface area contributed by atoms with E-state index in [1.807, 2.05) is 6.92 Å². The van der Waals surface area contributed by atoms with Crippen molar-refractivity contribution in [2.45, 2.75) is 70.2 Å². The van der Waals surface area contributed by atoms with Crippen molar-refractivity contribution in [1.29, 1.82) is 0 Å². The molecule has 1 aliphatic heterocycles. The SMILES string of the molecule is CCCNC(CCCC1CCCO1)CC(F)(F)F. The second-order valence-corrected chi connectivity index (χ2v) is 5.04. The van der Waals surface area contributed by atoms with Gasteiger partial charge in [0.1, 0.15) is 0 Å². The first-order chi connectivity index (χ1) is 8.51. The summed E-state index contributed by atoms with van der Waals surface area (Å²) in [5, 5.41) is 2.99. The topological polar surface area (TPSA) is 21.3 Å². The smallest absolute Gasteiger partial charge is 0.378 e. The Morgan fingerprint density at radius 2 is 2.17 bits per heavy atom. The lowest BCUT2D eigenvalue weighted by molar-refractivity contribution is -0.140. The van der Waals surface area contributed by atoms with Crippen LogP contribution in [0.25, 0.3) is 0 Å². The van der Waals surface area contributed by atoms with Crippen LogP contribution in [0.4, 0.5) is 13.2 Å². The van der Waals surface area contributed by atoms with Crippen molar-refractivity contribution in [2.24, 2.45) is 0 Å². The van der Waals surface area contributed by atoms with Crippen LogP contribution in [0, 0.1) is 0 Å².